The first-order valence-corrected chi connectivity index (χ1v) is 12.9. The molecule has 1 aromatic carbocycles. The van der Waals surface area contributed by atoms with Crippen molar-refractivity contribution in [2.24, 2.45) is 5.10 Å². The van der Waals surface area contributed by atoms with Gasteiger partial charge in [0.15, 0.2) is 0 Å². The van der Waals surface area contributed by atoms with E-state index < -0.39 is 0 Å². The Morgan fingerprint density at radius 3 is 2.76 bits per heavy atom. The SMILES string of the molecule is C=NN(/C=C1\CC(NC(CC)c2ncccn2)=C(c2nc3ccc(N4CCOCC4)cc3[nH]2)C(=O)N1)CC. The predicted octanol–water partition coefficient (Wildman–Crippen LogP) is 2.94. The number of fused-ring (bicyclic) bond motifs is 1. The second-order valence-electron chi connectivity index (χ2n) is 9.13. The average molecular weight is 516 g/mol. The maximum atomic E-state index is 13.5. The molecule has 0 aliphatic carbocycles. The van der Waals surface area contributed by atoms with Crippen molar-refractivity contribution in [2.45, 2.75) is 32.7 Å². The standard InChI is InChI=1S/C27H33N9O2/c1-4-20(25-29-9-6-10-30-25)32-23-15-18(17-36(5-2)28-3)31-27(37)24(23)26-33-21-8-7-19(16-22(21)34-26)35-11-13-38-14-12-35/h6-10,16-17,20,32H,3-5,11-15H2,1-2H3,(H,31,37)(H,33,34)/b18-17+. The number of hydrazone groups is 1. The summed E-state index contributed by atoms with van der Waals surface area (Å²) in [5.41, 5.74) is 4.69. The molecule has 2 aliphatic rings. The molecule has 0 radical (unpaired) electrons. The number of hydrogen-bond donors (Lipinski definition) is 3. The van der Waals surface area contributed by atoms with Gasteiger partial charge >= 0.3 is 0 Å². The summed E-state index contributed by atoms with van der Waals surface area (Å²) in [5, 5.41) is 12.2. The number of benzene rings is 1. The van der Waals surface area contributed by atoms with Gasteiger partial charge < -0.3 is 25.3 Å². The van der Waals surface area contributed by atoms with Crippen LogP contribution in [0.4, 0.5) is 5.69 Å². The Morgan fingerprint density at radius 1 is 1.26 bits per heavy atom. The molecule has 11 nitrogen and oxygen atoms in total. The van der Waals surface area contributed by atoms with Crippen LogP contribution in [0.1, 0.15) is 44.4 Å². The molecular formula is C27H33N9O2. The molecule has 1 atom stereocenters. The van der Waals surface area contributed by atoms with Crippen molar-refractivity contribution in [3.8, 4) is 0 Å². The second-order valence-corrected chi connectivity index (χ2v) is 9.13. The third-order valence-corrected chi connectivity index (χ3v) is 6.71. The Balaban J connectivity index is 1.54. The number of imidazole rings is 1. The van der Waals surface area contributed by atoms with Crippen LogP contribution in [-0.2, 0) is 9.53 Å². The number of H-pyrrole nitrogens is 1. The second kappa shape index (κ2) is 11.4. The van der Waals surface area contributed by atoms with Gasteiger partial charge in [-0.3, -0.25) is 9.80 Å². The Labute approximate surface area is 221 Å². The van der Waals surface area contributed by atoms with Crippen LogP contribution in [0.25, 0.3) is 16.6 Å². The van der Waals surface area contributed by atoms with Gasteiger partial charge in [0.1, 0.15) is 17.2 Å². The predicted molar refractivity (Wildman–Crippen MR) is 147 cm³/mol. The van der Waals surface area contributed by atoms with Gasteiger partial charge in [-0.15, -0.1) is 0 Å². The lowest BCUT2D eigenvalue weighted by molar-refractivity contribution is -0.115. The molecule has 198 valence electrons. The molecular weight excluding hydrogens is 482 g/mol. The van der Waals surface area contributed by atoms with Crippen molar-refractivity contribution in [2.75, 3.05) is 37.7 Å². The fourth-order valence-electron chi connectivity index (χ4n) is 4.72. The van der Waals surface area contributed by atoms with Crippen molar-refractivity contribution in [1.82, 2.24) is 35.6 Å². The van der Waals surface area contributed by atoms with Crippen LogP contribution in [0.2, 0.25) is 0 Å². The smallest absolute Gasteiger partial charge is 0.261 e. The van der Waals surface area contributed by atoms with Gasteiger partial charge in [-0.05, 0) is 37.6 Å². The lowest BCUT2D eigenvalue weighted by Gasteiger charge is -2.28. The molecule has 38 heavy (non-hydrogen) atoms. The number of anilines is 1. The highest BCUT2D eigenvalue weighted by Gasteiger charge is 2.29. The third-order valence-electron chi connectivity index (χ3n) is 6.71. The van der Waals surface area contributed by atoms with Gasteiger partial charge in [0, 0.05) is 68.4 Å². The summed E-state index contributed by atoms with van der Waals surface area (Å²) in [6.45, 7) is 11.4. The Hall–Kier alpha value is -4.25. The van der Waals surface area contributed by atoms with Crippen molar-refractivity contribution < 1.29 is 9.53 Å². The maximum absolute atomic E-state index is 13.5. The van der Waals surface area contributed by atoms with Gasteiger partial charge in [-0.2, -0.15) is 5.10 Å². The monoisotopic (exact) mass is 515 g/mol. The normalized spacial score (nSPS) is 18.0. The summed E-state index contributed by atoms with van der Waals surface area (Å²) in [6.07, 6.45) is 6.44. The molecule has 11 heteroatoms. The number of hydrogen-bond acceptors (Lipinski definition) is 9. The number of amides is 1. The molecule has 1 unspecified atom stereocenters. The number of aromatic amines is 1. The van der Waals surface area contributed by atoms with Crippen molar-refractivity contribution in [1.29, 1.82) is 0 Å². The van der Waals surface area contributed by atoms with Crippen LogP contribution in [0.15, 0.2) is 59.4 Å². The molecule has 2 aliphatic heterocycles. The van der Waals surface area contributed by atoms with Crippen LogP contribution in [0, 0.1) is 0 Å². The molecule has 0 saturated carbocycles. The minimum atomic E-state index is -0.249. The first-order valence-electron chi connectivity index (χ1n) is 12.9. The highest BCUT2D eigenvalue weighted by Crippen LogP contribution is 2.30. The van der Waals surface area contributed by atoms with E-state index in [1.54, 1.807) is 29.7 Å². The first kappa shape index (κ1) is 25.4. The minimum absolute atomic E-state index is 0.176. The minimum Gasteiger partial charge on any atom is -0.378 e. The third kappa shape index (κ3) is 5.37. The fourth-order valence-corrected chi connectivity index (χ4v) is 4.72. The molecule has 0 bridgehead atoms. The van der Waals surface area contributed by atoms with Gasteiger partial charge in [-0.25, -0.2) is 15.0 Å². The molecule has 1 amide bonds. The number of nitrogens with one attached hydrogen (secondary N) is 3. The van der Waals surface area contributed by atoms with Crippen molar-refractivity contribution >= 4 is 34.9 Å². The molecule has 0 spiro atoms. The summed E-state index contributed by atoms with van der Waals surface area (Å²) in [5.74, 6) is 0.929. The van der Waals surface area contributed by atoms with E-state index in [0.717, 1.165) is 41.9 Å². The van der Waals surface area contributed by atoms with E-state index in [9.17, 15) is 4.79 Å². The molecule has 2 aromatic heterocycles. The number of aromatic nitrogens is 4. The van der Waals surface area contributed by atoms with Crippen molar-refractivity contribution in [3.63, 3.8) is 0 Å². The molecule has 3 N–H and O–H groups in total. The Kier molecular flexibility index (Phi) is 7.64. The number of morpholine rings is 1. The highest BCUT2D eigenvalue weighted by atomic mass is 16.5. The van der Waals surface area contributed by atoms with Gasteiger partial charge in [-0.1, -0.05) is 6.92 Å². The molecule has 1 fully saturated rings. The summed E-state index contributed by atoms with van der Waals surface area (Å²) in [6, 6.07) is 7.75. The van der Waals surface area contributed by atoms with Gasteiger partial charge in [0.05, 0.1) is 30.3 Å². The summed E-state index contributed by atoms with van der Waals surface area (Å²) < 4.78 is 5.49. The lowest BCUT2D eigenvalue weighted by atomic mass is 10.0. The van der Waals surface area contributed by atoms with Crippen LogP contribution >= 0.6 is 0 Å². The number of carbonyl (C=O) groups excluding carboxylic acids is 1. The molecule has 5 rings (SSSR count). The largest absolute Gasteiger partial charge is 0.378 e. The zero-order valence-corrected chi connectivity index (χ0v) is 21.8. The van der Waals surface area contributed by atoms with E-state index in [4.69, 9.17) is 9.72 Å². The Morgan fingerprint density at radius 2 is 2.05 bits per heavy atom. The zero-order chi connectivity index (χ0) is 26.5. The first-order chi connectivity index (χ1) is 18.6. The van der Waals surface area contributed by atoms with Crippen molar-refractivity contribution in [3.05, 3.63) is 65.9 Å². The van der Waals surface area contributed by atoms with E-state index in [1.807, 2.05) is 13.0 Å². The van der Waals surface area contributed by atoms with E-state index in [0.29, 0.717) is 49.1 Å². The summed E-state index contributed by atoms with van der Waals surface area (Å²) >= 11 is 0. The topological polar surface area (TPSA) is 124 Å². The summed E-state index contributed by atoms with van der Waals surface area (Å²) in [7, 11) is 0. The lowest BCUT2D eigenvalue weighted by Crippen LogP contribution is -2.36. The maximum Gasteiger partial charge on any atom is 0.261 e. The van der Waals surface area contributed by atoms with E-state index >= 15 is 0 Å². The Bertz CT molecular complexity index is 1360. The number of ether oxygens (including phenoxy) is 1. The zero-order valence-electron chi connectivity index (χ0n) is 21.8. The number of carbonyl (C=O) groups is 1. The summed E-state index contributed by atoms with van der Waals surface area (Å²) in [4.78, 5) is 32.9. The molecule has 3 aromatic rings. The highest BCUT2D eigenvalue weighted by molar-refractivity contribution is 6.21. The van der Waals surface area contributed by atoms with Crippen LogP contribution in [-0.4, -0.2) is 70.4 Å². The van der Waals surface area contributed by atoms with Crippen LogP contribution in [0.5, 0.6) is 0 Å². The fraction of sp³-hybridized carbons (Fsp3) is 0.370. The average Bonchev–Trinajstić information content (AvgIpc) is 3.38. The number of rotatable bonds is 9. The van der Waals surface area contributed by atoms with E-state index in [1.165, 1.54) is 0 Å². The quantitative estimate of drug-likeness (QED) is 0.294. The van der Waals surface area contributed by atoms with Gasteiger partial charge in [0.25, 0.3) is 5.91 Å². The van der Waals surface area contributed by atoms with Gasteiger partial charge in [0.2, 0.25) is 0 Å². The molecule has 1 saturated heterocycles. The van der Waals surface area contributed by atoms with E-state index in [2.05, 4.69) is 61.4 Å². The van der Waals surface area contributed by atoms with Crippen LogP contribution < -0.4 is 15.5 Å². The van der Waals surface area contributed by atoms with Crippen LogP contribution in [0.3, 0.4) is 0 Å². The number of nitrogens with zero attached hydrogens (tertiary/aromatic N) is 6. The van der Waals surface area contributed by atoms with E-state index in [-0.39, 0.29) is 11.9 Å². The molecule has 4 heterocycles.